The lowest BCUT2D eigenvalue weighted by Crippen LogP contribution is -2.55. The van der Waals surface area contributed by atoms with Gasteiger partial charge in [0.2, 0.25) is 11.8 Å². The van der Waals surface area contributed by atoms with Crippen molar-refractivity contribution in [2.75, 3.05) is 32.7 Å². The van der Waals surface area contributed by atoms with Crippen LogP contribution >= 0.6 is 0 Å². The molecule has 2 rings (SSSR count). The third-order valence-corrected chi connectivity index (χ3v) is 3.64. The molecule has 1 aliphatic heterocycles. The molecular formula is C12H22N4O2. The number of amides is 2. The molecule has 1 aliphatic carbocycles. The smallest absolute Gasteiger partial charge is 0.237 e. The van der Waals surface area contributed by atoms with Crippen LogP contribution in [0.15, 0.2) is 0 Å². The second kappa shape index (κ2) is 5.67. The lowest BCUT2D eigenvalue weighted by atomic mass is 10.2. The lowest BCUT2D eigenvalue weighted by Gasteiger charge is -2.36. The molecule has 6 heteroatoms. The number of rotatable bonds is 5. The van der Waals surface area contributed by atoms with Gasteiger partial charge in [0.05, 0.1) is 12.6 Å². The highest BCUT2D eigenvalue weighted by Gasteiger charge is 2.29. The van der Waals surface area contributed by atoms with Crippen LogP contribution in [0.5, 0.6) is 0 Å². The summed E-state index contributed by atoms with van der Waals surface area (Å²) in [5.74, 6) is -0.163. The van der Waals surface area contributed by atoms with E-state index in [9.17, 15) is 9.59 Å². The number of hydrogen-bond donors (Lipinski definition) is 2. The molecule has 1 saturated heterocycles. The van der Waals surface area contributed by atoms with Crippen molar-refractivity contribution < 1.29 is 9.59 Å². The van der Waals surface area contributed by atoms with Crippen molar-refractivity contribution in [3.63, 3.8) is 0 Å². The molecule has 1 atom stereocenters. The van der Waals surface area contributed by atoms with Gasteiger partial charge in [-0.2, -0.15) is 0 Å². The van der Waals surface area contributed by atoms with Crippen LogP contribution < -0.4 is 11.1 Å². The van der Waals surface area contributed by atoms with Crippen molar-refractivity contribution in [2.24, 2.45) is 5.73 Å². The Morgan fingerprint density at radius 1 is 1.28 bits per heavy atom. The van der Waals surface area contributed by atoms with Gasteiger partial charge >= 0.3 is 0 Å². The summed E-state index contributed by atoms with van der Waals surface area (Å²) in [7, 11) is 0. The van der Waals surface area contributed by atoms with Gasteiger partial charge in [-0.25, -0.2) is 0 Å². The molecule has 2 aliphatic rings. The summed E-state index contributed by atoms with van der Waals surface area (Å²) in [6, 6.07) is 0.331. The number of nitrogens with one attached hydrogen (secondary N) is 1. The first-order chi connectivity index (χ1) is 8.56. The van der Waals surface area contributed by atoms with E-state index in [1.54, 1.807) is 0 Å². The fourth-order valence-electron chi connectivity index (χ4n) is 2.24. The summed E-state index contributed by atoms with van der Waals surface area (Å²) in [4.78, 5) is 26.9. The van der Waals surface area contributed by atoms with Crippen molar-refractivity contribution in [1.29, 1.82) is 0 Å². The largest absolute Gasteiger partial charge is 0.369 e. The molecular weight excluding hydrogens is 232 g/mol. The van der Waals surface area contributed by atoms with E-state index in [0.717, 1.165) is 39.0 Å². The van der Waals surface area contributed by atoms with Crippen LogP contribution in [0.3, 0.4) is 0 Å². The van der Waals surface area contributed by atoms with Crippen molar-refractivity contribution in [3.05, 3.63) is 0 Å². The fraction of sp³-hybridized carbons (Fsp3) is 0.833. The van der Waals surface area contributed by atoms with E-state index in [4.69, 9.17) is 5.73 Å². The number of carbonyl (C=O) groups is 2. The Morgan fingerprint density at radius 2 is 1.89 bits per heavy atom. The molecule has 1 heterocycles. The molecule has 18 heavy (non-hydrogen) atoms. The average molecular weight is 254 g/mol. The molecule has 0 radical (unpaired) electrons. The highest BCUT2D eigenvalue weighted by molar-refractivity contribution is 5.81. The van der Waals surface area contributed by atoms with Gasteiger partial charge in [0.25, 0.3) is 0 Å². The zero-order chi connectivity index (χ0) is 13.1. The minimum Gasteiger partial charge on any atom is -0.369 e. The third kappa shape index (κ3) is 3.68. The van der Waals surface area contributed by atoms with E-state index in [0.29, 0.717) is 12.6 Å². The lowest BCUT2D eigenvalue weighted by molar-refractivity contribution is -0.127. The summed E-state index contributed by atoms with van der Waals surface area (Å²) >= 11 is 0. The van der Waals surface area contributed by atoms with E-state index in [-0.39, 0.29) is 17.9 Å². The normalized spacial score (nSPS) is 23.6. The molecule has 0 aromatic heterocycles. The van der Waals surface area contributed by atoms with Gasteiger partial charge in [0.1, 0.15) is 0 Å². The molecule has 0 spiro atoms. The van der Waals surface area contributed by atoms with Crippen LogP contribution in [0.2, 0.25) is 0 Å². The highest BCUT2D eigenvalue weighted by Crippen LogP contribution is 2.19. The first-order valence-corrected chi connectivity index (χ1v) is 6.61. The Hall–Kier alpha value is -1.14. The molecule has 0 aromatic rings. The Kier molecular flexibility index (Phi) is 4.19. The van der Waals surface area contributed by atoms with E-state index >= 15 is 0 Å². The van der Waals surface area contributed by atoms with Crippen LogP contribution in [0.1, 0.15) is 19.8 Å². The SMILES string of the molecule is CC(C(=O)NC1CC1)N1CCN(CC(N)=O)CC1. The zero-order valence-electron chi connectivity index (χ0n) is 10.9. The zero-order valence-corrected chi connectivity index (χ0v) is 10.9. The van der Waals surface area contributed by atoms with E-state index < -0.39 is 0 Å². The molecule has 6 nitrogen and oxygen atoms in total. The minimum absolute atomic E-state index is 0.0821. The summed E-state index contributed by atoms with van der Waals surface area (Å²) in [6.07, 6.45) is 2.23. The number of piperazine rings is 1. The second-order valence-corrected chi connectivity index (χ2v) is 5.24. The Bertz CT molecular complexity index is 322. The van der Waals surface area contributed by atoms with Gasteiger partial charge in [-0.1, -0.05) is 0 Å². The van der Waals surface area contributed by atoms with Gasteiger partial charge in [-0.05, 0) is 19.8 Å². The first kappa shape index (κ1) is 13.3. The second-order valence-electron chi connectivity index (χ2n) is 5.24. The van der Waals surface area contributed by atoms with E-state index in [2.05, 4.69) is 10.2 Å². The number of nitrogens with zero attached hydrogens (tertiary/aromatic N) is 2. The van der Waals surface area contributed by atoms with Gasteiger partial charge < -0.3 is 11.1 Å². The maximum atomic E-state index is 11.9. The molecule has 0 bridgehead atoms. The minimum atomic E-state index is -0.289. The van der Waals surface area contributed by atoms with Crippen LogP contribution in [-0.2, 0) is 9.59 Å². The molecule has 3 N–H and O–H groups in total. The summed E-state index contributed by atoms with van der Waals surface area (Å²) < 4.78 is 0. The standard InChI is InChI=1S/C12H22N4O2/c1-9(12(18)14-10-2-3-10)16-6-4-15(5-7-16)8-11(13)17/h9-10H,2-8H2,1H3,(H2,13,17)(H,14,18). The Balaban J connectivity index is 1.74. The highest BCUT2D eigenvalue weighted by atomic mass is 16.2. The fourth-order valence-corrected chi connectivity index (χ4v) is 2.24. The molecule has 0 aromatic carbocycles. The third-order valence-electron chi connectivity index (χ3n) is 3.64. The van der Waals surface area contributed by atoms with Gasteiger partial charge in [0.15, 0.2) is 0 Å². The van der Waals surface area contributed by atoms with Crippen molar-refractivity contribution in [1.82, 2.24) is 15.1 Å². The van der Waals surface area contributed by atoms with Gasteiger partial charge in [-0.15, -0.1) is 0 Å². The first-order valence-electron chi connectivity index (χ1n) is 6.61. The molecule has 2 fully saturated rings. The summed E-state index contributed by atoms with van der Waals surface area (Å²) in [5.41, 5.74) is 5.17. The van der Waals surface area contributed by atoms with Crippen LogP contribution in [0.4, 0.5) is 0 Å². The van der Waals surface area contributed by atoms with Crippen molar-refractivity contribution >= 4 is 11.8 Å². The number of primary amides is 1. The number of hydrogen-bond acceptors (Lipinski definition) is 4. The van der Waals surface area contributed by atoms with Crippen molar-refractivity contribution in [2.45, 2.75) is 31.8 Å². The monoisotopic (exact) mass is 254 g/mol. The van der Waals surface area contributed by atoms with Crippen LogP contribution in [0.25, 0.3) is 0 Å². The van der Waals surface area contributed by atoms with E-state index in [1.807, 2.05) is 11.8 Å². The molecule has 2 amide bonds. The van der Waals surface area contributed by atoms with Crippen LogP contribution in [0, 0.1) is 0 Å². The van der Waals surface area contributed by atoms with Gasteiger partial charge in [-0.3, -0.25) is 19.4 Å². The van der Waals surface area contributed by atoms with Gasteiger partial charge in [0, 0.05) is 32.2 Å². The van der Waals surface area contributed by atoms with Crippen molar-refractivity contribution in [3.8, 4) is 0 Å². The molecule has 102 valence electrons. The summed E-state index contributed by atoms with van der Waals surface area (Å²) in [6.45, 7) is 5.48. The summed E-state index contributed by atoms with van der Waals surface area (Å²) in [5, 5.41) is 3.03. The maximum absolute atomic E-state index is 11.9. The Morgan fingerprint density at radius 3 is 2.39 bits per heavy atom. The predicted molar refractivity (Wildman–Crippen MR) is 67.8 cm³/mol. The maximum Gasteiger partial charge on any atom is 0.237 e. The quantitative estimate of drug-likeness (QED) is 0.643. The number of nitrogens with two attached hydrogens (primary N) is 1. The Labute approximate surface area is 107 Å². The number of carbonyl (C=O) groups excluding carboxylic acids is 2. The van der Waals surface area contributed by atoms with E-state index in [1.165, 1.54) is 0 Å². The molecule has 1 unspecified atom stereocenters. The molecule has 1 saturated carbocycles. The topological polar surface area (TPSA) is 78.7 Å². The predicted octanol–water partition coefficient (Wildman–Crippen LogP) is -1.24. The van der Waals surface area contributed by atoms with Crippen LogP contribution in [-0.4, -0.2) is 66.4 Å². The average Bonchev–Trinajstić information content (AvgIpc) is 3.12.